The normalized spacial score (nSPS) is 10.6. The van der Waals surface area contributed by atoms with Crippen LogP contribution in [0.2, 0.25) is 0 Å². The number of alkyl halides is 2. The van der Waals surface area contributed by atoms with Gasteiger partial charge in [-0.1, -0.05) is 23.7 Å². The van der Waals surface area contributed by atoms with E-state index in [1.54, 1.807) is 18.2 Å². The summed E-state index contributed by atoms with van der Waals surface area (Å²) in [5.41, 5.74) is 1.34. The van der Waals surface area contributed by atoms with Crippen LogP contribution in [0.1, 0.15) is 5.56 Å². The van der Waals surface area contributed by atoms with E-state index in [0.717, 1.165) is 10.1 Å². The van der Waals surface area contributed by atoms with Crippen molar-refractivity contribution in [3.05, 3.63) is 49.8 Å². The van der Waals surface area contributed by atoms with Gasteiger partial charge in [0.15, 0.2) is 6.79 Å². The van der Waals surface area contributed by atoms with E-state index >= 15 is 0 Å². The molecule has 0 atom stereocenters. The molecule has 4 nitrogen and oxygen atoms in total. The molecule has 2 rings (SSSR count). The fourth-order valence-corrected chi connectivity index (χ4v) is 2.60. The summed E-state index contributed by atoms with van der Waals surface area (Å²) < 4.78 is 37.2. The van der Waals surface area contributed by atoms with Crippen LogP contribution in [0.25, 0.3) is 11.3 Å². The first-order chi connectivity index (χ1) is 10.9. The van der Waals surface area contributed by atoms with E-state index in [1.165, 1.54) is 13.2 Å². The van der Waals surface area contributed by atoms with Gasteiger partial charge >= 0.3 is 0 Å². The monoisotopic (exact) mass is 523 g/mol. The van der Waals surface area contributed by atoms with E-state index in [0.29, 0.717) is 20.6 Å². The second-order valence-electron chi connectivity index (χ2n) is 4.82. The summed E-state index contributed by atoms with van der Waals surface area (Å²) in [6.45, 7) is 1.27. The Labute approximate surface area is 177 Å². The summed E-state index contributed by atoms with van der Waals surface area (Å²) in [4.78, 5) is 12.2. The summed E-state index contributed by atoms with van der Waals surface area (Å²) >= 11 is 1.82. The Morgan fingerprint density at radius 2 is 2.08 bits per heavy atom. The summed E-state index contributed by atoms with van der Waals surface area (Å²) in [7, 11) is 1.52. The third-order valence-corrected chi connectivity index (χ3v) is 3.94. The zero-order valence-electron chi connectivity index (χ0n) is 13.2. The summed E-state index contributed by atoms with van der Waals surface area (Å²) in [6.07, 6.45) is -2.62. The number of nitrogens with zero attached hydrogens (tertiary/aromatic N) is 1. The van der Waals surface area contributed by atoms with Crippen molar-refractivity contribution < 1.29 is 51.0 Å². The number of halogens is 3. The molecule has 0 bridgehead atoms. The molecule has 0 saturated carbocycles. The van der Waals surface area contributed by atoms with Crippen molar-refractivity contribution >= 4 is 22.6 Å². The predicted octanol–water partition coefficient (Wildman–Crippen LogP) is 3.47. The zero-order valence-corrected chi connectivity index (χ0v) is 18.2. The van der Waals surface area contributed by atoms with Crippen molar-refractivity contribution in [2.75, 3.05) is 13.9 Å². The average molecular weight is 523 g/mol. The van der Waals surface area contributed by atoms with Gasteiger partial charge in [-0.05, 0) is 15.7 Å². The minimum Gasteiger partial charge on any atom is -0.468 e. The van der Waals surface area contributed by atoms with E-state index in [9.17, 15) is 13.6 Å². The Hall–Kier alpha value is -0.376. The van der Waals surface area contributed by atoms with Crippen molar-refractivity contribution in [3.63, 3.8) is 0 Å². The number of hydrogen-bond donors (Lipinski definition) is 0. The fraction of sp³-hybridized carbons (Fsp3) is 0.312. The summed E-state index contributed by atoms with van der Waals surface area (Å²) in [6, 6.07) is 9.62. The number of benzene rings is 1. The van der Waals surface area contributed by atoms with Gasteiger partial charge in [0.1, 0.15) is 5.75 Å². The van der Waals surface area contributed by atoms with E-state index in [4.69, 9.17) is 9.47 Å². The number of aryl methyl sites for hydroxylation is 1. The topological polar surface area (TPSA) is 40.5 Å². The van der Waals surface area contributed by atoms with Gasteiger partial charge < -0.3 is 14.0 Å². The van der Waals surface area contributed by atoms with Crippen LogP contribution >= 0.6 is 22.6 Å². The van der Waals surface area contributed by atoms with Crippen LogP contribution in [0.3, 0.4) is 0 Å². The number of aromatic nitrogens is 1. The number of ether oxygens (including phenoxy) is 2. The van der Waals surface area contributed by atoms with Gasteiger partial charge in [-0.15, -0.1) is 28.7 Å². The van der Waals surface area contributed by atoms with Crippen molar-refractivity contribution in [1.29, 1.82) is 0 Å². The molecule has 0 spiro atoms. The van der Waals surface area contributed by atoms with Crippen LogP contribution in [-0.4, -0.2) is 24.9 Å². The molecule has 0 fully saturated rings. The number of methoxy groups -OCH3 is 1. The molecule has 1 aromatic carbocycles. The van der Waals surface area contributed by atoms with Crippen LogP contribution in [0.4, 0.5) is 8.78 Å². The molecule has 1 heterocycles. The molecular formula is C16H15F2INO3Y-. The van der Waals surface area contributed by atoms with Gasteiger partial charge in [-0.2, -0.15) is 12.1 Å². The minimum absolute atomic E-state index is 0. The first-order valence-electron chi connectivity index (χ1n) is 6.76. The van der Waals surface area contributed by atoms with Crippen molar-refractivity contribution in [2.45, 2.75) is 19.9 Å². The smallest absolute Gasteiger partial charge is 0.256 e. The third kappa shape index (κ3) is 5.31. The maximum atomic E-state index is 12.8. The first kappa shape index (κ1) is 21.7. The van der Waals surface area contributed by atoms with Crippen molar-refractivity contribution in [2.24, 2.45) is 0 Å². The third-order valence-electron chi connectivity index (χ3n) is 3.17. The Kier molecular flexibility index (Phi) is 8.97. The molecule has 0 N–H and O–H groups in total. The van der Waals surface area contributed by atoms with E-state index in [-0.39, 0.29) is 39.5 Å². The molecule has 8 heteroatoms. The molecule has 0 aliphatic heterocycles. The second kappa shape index (κ2) is 9.94. The van der Waals surface area contributed by atoms with Gasteiger partial charge in [0.2, 0.25) is 5.56 Å². The van der Waals surface area contributed by atoms with Gasteiger partial charge in [0.05, 0.1) is 6.54 Å². The fourth-order valence-electron chi connectivity index (χ4n) is 2.16. The second-order valence-corrected chi connectivity index (χ2v) is 5.98. The minimum atomic E-state index is -2.62. The van der Waals surface area contributed by atoms with Crippen LogP contribution < -0.4 is 10.3 Å². The first-order valence-corrected chi connectivity index (χ1v) is 7.84. The van der Waals surface area contributed by atoms with Crippen molar-refractivity contribution in [3.8, 4) is 17.0 Å². The Bertz CT molecular complexity index is 753. The van der Waals surface area contributed by atoms with Gasteiger partial charge in [-0.3, -0.25) is 4.79 Å². The maximum Gasteiger partial charge on any atom is 0.256 e. The maximum absolute atomic E-state index is 12.8. The average Bonchev–Trinajstić information content (AvgIpc) is 2.50. The predicted molar refractivity (Wildman–Crippen MR) is 90.9 cm³/mol. The van der Waals surface area contributed by atoms with Crippen LogP contribution in [0.15, 0.2) is 29.1 Å². The molecule has 1 aromatic heterocycles. The van der Waals surface area contributed by atoms with Crippen LogP contribution in [-0.2, 0) is 44.0 Å². The Balaban J connectivity index is 0.00000288. The Morgan fingerprint density at radius 3 is 2.67 bits per heavy atom. The van der Waals surface area contributed by atoms with Gasteiger partial charge in [-0.25, -0.2) is 8.78 Å². The SMILES string of the molecule is COCOc1ccc(-c2[c-]cc(I)c(=O)n2CC(F)F)c(C)c1.[Y]. The Morgan fingerprint density at radius 1 is 1.38 bits per heavy atom. The molecule has 0 aliphatic carbocycles. The molecule has 1 radical (unpaired) electrons. The van der Waals surface area contributed by atoms with E-state index in [1.807, 2.05) is 29.5 Å². The van der Waals surface area contributed by atoms with Crippen molar-refractivity contribution in [1.82, 2.24) is 4.57 Å². The molecule has 0 aliphatic rings. The molecule has 0 amide bonds. The van der Waals surface area contributed by atoms with Crippen LogP contribution in [0.5, 0.6) is 5.75 Å². The molecule has 0 unspecified atom stereocenters. The van der Waals surface area contributed by atoms with Crippen LogP contribution in [0, 0.1) is 16.6 Å². The standard InChI is InChI=1S/C16H15F2INO3.Y/c1-10-7-11(23-9-22-2)3-4-12(10)14-6-5-13(19)16(21)20(14)8-15(17)18;/h3-5,7,15H,8-9H2,1-2H3;/q-1;. The summed E-state index contributed by atoms with van der Waals surface area (Å²) in [5, 5.41) is 0. The molecule has 2 aromatic rings. The number of rotatable bonds is 6. The van der Waals surface area contributed by atoms with Gasteiger partial charge in [0.25, 0.3) is 6.43 Å². The molecule has 127 valence electrons. The quantitative estimate of drug-likeness (QED) is 0.331. The largest absolute Gasteiger partial charge is 0.468 e. The summed E-state index contributed by atoms with van der Waals surface area (Å²) in [5.74, 6) is 0.598. The van der Waals surface area contributed by atoms with E-state index < -0.39 is 18.5 Å². The van der Waals surface area contributed by atoms with E-state index in [2.05, 4.69) is 6.07 Å². The molecule has 24 heavy (non-hydrogen) atoms. The molecule has 0 saturated heterocycles. The number of pyridine rings is 1. The zero-order chi connectivity index (χ0) is 17.0. The number of hydrogen-bond acceptors (Lipinski definition) is 3. The van der Waals surface area contributed by atoms with Gasteiger partial charge in [0, 0.05) is 39.8 Å². The molecular weight excluding hydrogens is 508 g/mol.